The Morgan fingerprint density at radius 3 is 2.54 bits per heavy atom. The summed E-state index contributed by atoms with van der Waals surface area (Å²) in [5, 5.41) is 6.13. The number of benzene rings is 2. The number of rotatable bonds is 12. The third-order valence-corrected chi connectivity index (χ3v) is 5.21. The van der Waals surface area contributed by atoms with Crippen LogP contribution in [-0.4, -0.2) is 69.8 Å². The number of nitrogens with zero attached hydrogens (tertiary/aromatic N) is 2. The lowest BCUT2D eigenvalue weighted by Gasteiger charge is -2.26. The molecular weight excluding hydrogens is 470 g/mol. The summed E-state index contributed by atoms with van der Waals surface area (Å²) < 4.78 is 15.8. The Balaban J connectivity index is 1.48. The second-order valence-corrected chi connectivity index (χ2v) is 7.91. The fraction of sp³-hybridized carbons (Fsp3) is 0.286. The summed E-state index contributed by atoms with van der Waals surface area (Å²) >= 11 is 0. The van der Waals surface area contributed by atoms with Gasteiger partial charge in [0.1, 0.15) is 24.8 Å². The van der Waals surface area contributed by atoms with E-state index in [9.17, 15) is 4.79 Å². The van der Waals surface area contributed by atoms with Crippen LogP contribution in [0.1, 0.15) is 15.9 Å². The molecule has 37 heavy (non-hydrogen) atoms. The van der Waals surface area contributed by atoms with Gasteiger partial charge in [-0.05, 0) is 54.1 Å². The lowest BCUT2D eigenvalue weighted by molar-refractivity contribution is 0.0920. The monoisotopic (exact) mass is 503 g/mol. The van der Waals surface area contributed by atoms with Crippen LogP contribution >= 0.6 is 0 Å². The van der Waals surface area contributed by atoms with Gasteiger partial charge in [0.25, 0.3) is 5.91 Å². The molecule has 0 aliphatic carbocycles. The summed E-state index contributed by atoms with van der Waals surface area (Å²) in [7, 11) is 1.60. The Morgan fingerprint density at radius 1 is 1.08 bits per heavy atom. The van der Waals surface area contributed by atoms with Crippen molar-refractivity contribution >= 4 is 23.1 Å². The average Bonchev–Trinajstić information content (AvgIpc) is 2.93. The first kappa shape index (κ1) is 27.5. The van der Waals surface area contributed by atoms with Crippen molar-refractivity contribution in [1.82, 2.24) is 10.2 Å². The van der Waals surface area contributed by atoms with Crippen molar-refractivity contribution in [2.24, 2.45) is 10.7 Å². The fourth-order valence-corrected chi connectivity index (χ4v) is 3.31. The number of aliphatic imine (C=N–C) groups is 1. The molecule has 2 aromatic carbocycles. The smallest absolute Gasteiger partial charge is 0.251 e. The number of nitrogens with one attached hydrogen (secondary N) is 2. The van der Waals surface area contributed by atoms with Gasteiger partial charge in [-0.1, -0.05) is 18.4 Å². The van der Waals surface area contributed by atoms with Crippen molar-refractivity contribution in [3.63, 3.8) is 0 Å². The minimum atomic E-state index is -0.154. The zero-order valence-corrected chi connectivity index (χ0v) is 21.0. The summed E-state index contributed by atoms with van der Waals surface area (Å²) in [6, 6.07) is 14.9. The molecule has 9 nitrogen and oxygen atoms in total. The Labute approximate surface area is 218 Å². The van der Waals surface area contributed by atoms with Gasteiger partial charge >= 0.3 is 0 Å². The molecule has 0 spiro atoms. The molecule has 3 rings (SSSR count). The number of anilines is 1. The summed E-state index contributed by atoms with van der Waals surface area (Å²) in [5.74, 6) is 7.08. The number of ether oxygens (including phenoxy) is 3. The minimum absolute atomic E-state index is 0.154. The highest BCUT2D eigenvalue weighted by molar-refractivity contribution is 5.99. The molecule has 0 bridgehead atoms. The highest BCUT2D eigenvalue weighted by atomic mass is 16.5. The van der Waals surface area contributed by atoms with Crippen LogP contribution in [0.3, 0.4) is 0 Å². The molecule has 1 aliphatic rings. The molecule has 194 valence electrons. The van der Waals surface area contributed by atoms with Crippen LogP contribution < -0.4 is 21.1 Å². The molecule has 0 atom stereocenters. The number of amidine groups is 1. The third-order valence-electron chi connectivity index (χ3n) is 5.21. The van der Waals surface area contributed by atoms with Gasteiger partial charge < -0.3 is 35.5 Å². The van der Waals surface area contributed by atoms with E-state index in [4.69, 9.17) is 19.9 Å². The number of amides is 1. The first-order valence-corrected chi connectivity index (χ1v) is 11.9. The SMILES string of the molecule is C=C(c1ccc(OCC#CCOC)cc1)N1C=CN=C(Nc2ccc(C(=O)NCCOCCN)cc2)C1. The first-order chi connectivity index (χ1) is 18.1. The minimum Gasteiger partial charge on any atom is -0.481 e. The van der Waals surface area contributed by atoms with E-state index >= 15 is 0 Å². The first-order valence-electron chi connectivity index (χ1n) is 11.9. The number of carbonyl (C=O) groups excluding carboxylic acids is 1. The second kappa shape index (κ2) is 15.1. The van der Waals surface area contributed by atoms with Crippen molar-refractivity contribution in [2.75, 3.05) is 58.5 Å². The summed E-state index contributed by atoms with van der Waals surface area (Å²) in [6.45, 7) is 7.26. The largest absolute Gasteiger partial charge is 0.481 e. The van der Waals surface area contributed by atoms with Crippen LogP contribution in [0.15, 0.2) is 72.5 Å². The van der Waals surface area contributed by atoms with Gasteiger partial charge in [0.15, 0.2) is 0 Å². The Kier molecular flexibility index (Phi) is 11.2. The van der Waals surface area contributed by atoms with Gasteiger partial charge in [0.05, 0.1) is 19.8 Å². The highest BCUT2D eigenvalue weighted by Gasteiger charge is 2.14. The van der Waals surface area contributed by atoms with Gasteiger partial charge in [0, 0.05) is 49.5 Å². The zero-order valence-electron chi connectivity index (χ0n) is 21.0. The molecule has 0 fully saturated rings. The lowest BCUT2D eigenvalue weighted by Crippen LogP contribution is -2.30. The molecule has 2 aromatic rings. The quantitative estimate of drug-likeness (QED) is 0.302. The lowest BCUT2D eigenvalue weighted by atomic mass is 10.1. The predicted molar refractivity (Wildman–Crippen MR) is 146 cm³/mol. The normalized spacial score (nSPS) is 12.3. The Hall–Kier alpha value is -4.10. The van der Waals surface area contributed by atoms with Gasteiger partial charge in [-0.2, -0.15) is 0 Å². The van der Waals surface area contributed by atoms with Gasteiger partial charge in [-0.15, -0.1) is 0 Å². The van der Waals surface area contributed by atoms with Crippen LogP contribution in [0, 0.1) is 11.8 Å². The van der Waals surface area contributed by atoms with Crippen molar-refractivity contribution in [1.29, 1.82) is 0 Å². The van der Waals surface area contributed by atoms with E-state index in [0.29, 0.717) is 51.6 Å². The van der Waals surface area contributed by atoms with Crippen molar-refractivity contribution in [3.05, 3.63) is 78.6 Å². The van der Waals surface area contributed by atoms with E-state index in [1.807, 2.05) is 47.5 Å². The number of hydrogen-bond donors (Lipinski definition) is 3. The van der Waals surface area contributed by atoms with Crippen LogP contribution in [0.5, 0.6) is 5.75 Å². The maximum atomic E-state index is 12.3. The van der Waals surface area contributed by atoms with Crippen LogP contribution in [0.4, 0.5) is 5.69 Å². The summed E-state index contributed by atoms with van der Waals surface area (Å²) in [4.78, 5) is 18.7. The van der Waals surface area contributed by atoms with Gasteiger partial charge in [-0.3, -0.25) is 4.79 Å². The number of carbonyl (C=O) groups is 1. The molecule has 0 saturated heterocycles. The topological polar surface area (TPSA) is 110 Å². The zero-order chi connectivity index (χ0) is 26.3. The van der Waals surface area contributed by atoms with Crippen molar-refractivity contribution in [3.8, 4) is 17.6 Å². The molecule has 1 amide bonds. The van der Waals surface area contributed by atoms with Crippen molar-refractivity contribution < 1.29 is 19.0 Å². The molecule has 1 heterocycles. The summed E-state index contributed by atoms with van der Waals surface area (Å²) in [6.07, 6.45) is 3.61. The van der Waals surface area contributed by atoms with E-state index < -0.39 is 0 Å². The van der Waals surface area contributed by atoms with E-state index in [1.165, 1.54) is 0 Å². The standard InChI is InChI=1S/C28H33N5O4/c1-22(23-7-11-26(12-8-23)37-18-4-3-17-35-2)33-16-14-30-27(21-33)32-25-9-5-24(6-10-25)28(34)31-15-20-36-19-13-29/h5-12,14,16H,1,13,15,17-21,29H2,2H3,(H,30,32)(H,31,34). The molecule has 1 aliphatic heterocycles. The van der Waals surface area contributed by atoms with Gasteiger partial charge in [-0.25, -0.2) is 4.99 Å². The average molecular weight is 504 g/mol. The third kappa shape index (κ3) is 9.13. The summed E-state index contributed by atoms with van der Waals surface area (Å²) in [5.41, 5.74) is 8.57. The molecule has 0 saturated carbocycles. The number of hydrogen-bond acceptors (Lipinski definition) is 8. The second-order valence-electron chi connectivity index (χ2n) is 7.91. The maximum absolute atomic E-state index is 12.3. The molecule has 4 N–H and O–H groups in total. The van der Waals surface area contributed by atoms with E-state index in [0.717, 1.165) is 28.5 Å². The van der Waals surface area contributed by atoms with Crippen LogP contribution in [0.25, 0.3) is 5.70 Å². The Bertz CT molecular complexity index is 1150. The predicted octanol–water partition coefficient (Wildman–Crippen LogP) is 2.69. The van der Waals surface area contributed by atoms with Crippen molar-refractivity contribution in [2.45, 2.75) is 0 Å². The number of methoxy groups -OCH3 is 1. The van der Waals surface area contributed by atoms with E-state index in [1.54, 1.807) is 25.4 Å². The van der Waals surface area contributed by atoms with E-state index in [-0.39, 0.29) is 5.91 Å². The van der Waals surface area contributed by atoms with Crippen LogP contribution in [0.2, 0.25) is 0 Å². The molecule has 0 aromatic heterocycles. The molecule has 9 heteroatoms. The van der Waals surface area contributed by atoms with Gasteiger partial charge in [0.2, 0.25) is 0 Å². The van der Waals surface area contributed by atoms with E-state index in [2.05, 4.69) is 34.0 Å². The molecule has 0 unspecified atom stereocenters. The molecular formula is C28H33N5O4. The van der Waals surface area contributed by atoms with Crippen LogP contribution in [-0.2, 0) is 9.47 Å². The maximum Gasteiger partial charge on any atom is 0.251 e. The fourth-order valence-electron chi connectivity index (χ4n) is 3.31. The highest BCUT2D eigenvalue weighted by Crippen LogP contribution is 2.22. The Morgan fingerprint density at radius 2 is 1.81 bits per heavy atom. The molecule has 0 radical (unpaired) electrons. The number of nitrogens with two attached hydrogens (primary N) is 1.